The van der Waals surface area contributed by atoms with Crippen molar-refractivity contribution < 1.29 is 27.1 Å². The maximum absolute atomic E-state index is 14.8. The van der Waals surface area contributed by atoms with E-state index in [1.807, 2.05) is 9.87 Å². The van der Waals surface area contributed by atoms with Crippen LogP contribution in [0.5, 0.6) is 0 Å². The smallest absolute Gasteiger partial charge is 0.330 e. The first-order valence-electron chi connectivity index (χ1n) is 7.43. The summed E-state index contributed by atoms with van der Waals surface area (Å²) in [6.07, 6.45) is -3.49. The standard InChI is InChI=1S/C13H20FN3O7S/c1-7(2)23-11-8(6-22-16-25(3,20)21)24-12(10(11)14)17-5-4-9(18)15-13(17)19/h4-5,7-8,10-12,16H,6H2,1-3H3,(H,15,18,19)/t8?,10-,11-,12-/m1/s1. The molecule has 1 fully saturated rings. The molecule has 0 spiro atoms. The summed E-state index contributed by atoms with van der Waals surface area (Å²) in [5.74, 6) is 0. The Morgan fingerprint density at radius 1 is 1.44 bits per heavy atom. The molecule has 1 aliphatic heterocycles. The van der Waals surface area contributed by atoms with Gasteiger partial charge in [0.1, 0.15) is 12.2 Å². The summed E-state index contributed by atoms with van der Waals surface area (Å²) in [7, 11) is -3.60. The van der Waals surface area contributed by atoms with Crippen molar-refractivity contribution in [2.24, 2.45) is 0 Å². The second-order valence-electron chi connectivity index (χ2n) is 5.84. The molecule has 0 bridgehead atoms. The average Bonchev–Trinajstić information content (AvgIpc) is 2.75. The Bertz CT molecular complexity index is 806. The van der Waals surface area contributed by atoms with Crippen LogP contribution in [-0.2, 0) is 24.3 Å². The molecule has 0 amide bonds. The number of nitrogens with one attached hydrogen (secondary N) is 2. The van der Waals surface area contributed by atoms with Crippen molar-refractivity contribution in [1.82, 2.24) is 14.4 Å². The summed E-state index contributed by atoms with van der Waals surface area (Å²) in [5.41, 5.74) is -1.46. The predicted octanol–water partition coefficient (Wildman–Crippen LogP) is -0.953. The summed E-state index contributed by atoms with van der Waals surface area (Å²) in [4.78, 5) is 31.6. The highest BCUT2D eigenvalue weighted by atomic mass is 32.2. The van der Waals surface area contributed by atoms with Crippen LogP contribution in [0.15, 0.2) is 21.9 Å². The molecule has 2 rings (SSSR count). The third-order valence-electron chi connectivity index (χ3n) is 3.28. The van der Waals surface area contributed by atoms with Crippen LogP contribution in [0.1, 0.15) is 20.1 Å². The minimum atomic E-state index is -3.60. The number of nitrogens with zero attached hydrogens (tertiary/aromatic N) is 1. The maximum Gasteiger partial charge on any atom is 0.330 e. The van der Waals surface area contributed by atoms with Crippen LogP contribution in [-0.4, -0.2) is 55.3 Å². The number of ether oxygens (including phenoxy) is 2. The molecule has 0 radical (unpaired) electrons. The van der Waals surface area contributed by atoms with E-state index in [-0.39, 0.29) is 12.7 Å². The third-order valence-corrected chi connectivity index (χ3v) is 3.70. The van der Waals surface area contributed by atoms with E-state index in [0.29, 0.717) is 0 Å². The number of aromatic amines is 1. The molecule has 0 aliphatic carbocycles. The molecule has 0 aromatic carbocycles. The first kappa shape index (κ1) is 19.7. The molecule has 0 saturated carbocycles. The monoisotopic (exact) mass is 381 g/mol. The number of sulfonamides is 1. The van der Waals surface area contributed by atoms with Gasteiger partial charge in [-0.15, -0.1) is 0 Å². The molecule has 142 valence electrons. The summed E-state index contributed by atoms with van der Waals surface area (Å²) in [5, 5.41) is 0. The molecule has 1 aliphatic rings. The largest absolute Gasteiger partial charge is 0.370 e. The Balaban J connectivity index is 2.20. The molecule has 4 atom stereocenters. The third kappa shape index (κ3) is 5.19. The summed E-state index contributed by atoms with van der Waals surface area (Å²) in [6, 6.07) is 1.06. The topological polar surface area (TPSA) is 129 Å². The van der Waals surface area contributed by atoms with Gasteiger partial charge in [-0.25, -0.2) is 17.6 Å². The Morgan fingerprint density at radius 3 is 2.68 bits per heavy atom. The van der Waals surface area contributed by atoms with E-state index >= 15 is 0 Å². The van der Waals surface area contributed by atoms with Crippen molar-refractivity contribution in [2.75, 3.05) is 12.9 Å². The van der Waals surface area contributed by atoms with Crippen LogP contribution >= 0.6 is 0 Å². The Kier molecular flexibility index (Phi) is 6.11. The van der Waals surface area contributed by atoms with Crippen molar-refractivity contribution >= 4 is 10.0 Å². The van der Waals surface area contributed by atoms with Gasteiger partial charge in [-0.05, 0) is 13.8 Å². The molecular weight excluding hydrogens is 361 g/mol. The first-order chi connectivity index (χ1) is 11.6. The van der Waals surface area contributed by atoms with E-state index in [4.69, 9.17) is 14.3 Å². The number of alkyl halides is 1. The van der Waals surface area contributed by atoms with Gasteiger partial charge in [0.15, 0.2) is 12.4 Å². The van der Waals surface area contributed by atoms with Crippen molar-refractivity contribution in [3.05, 3.63) is 33.1 Å². The molecule has 25 heavy (non-hydrogen) atoms. The quantitative estimate of drug-likeness (QED) is 0.583. The number of aromatic nitrogens is 2. The van der Waals surface area contributed by atoms with Gasteiger partial charge in [0.05, 0.1) is 19.0 Å². The van der Waals surface area contributed by atoms with Crippen LogP contribution in [0.2, 0.25) is 0 Å². The van der Waals surface area contributed by atoms with E-state index in [2.05, 4.69) is 0 Å². The van der Waals surface area contributed by atoms with Crippen LogP contribution in [0.3, 0.4) is 0 Å². The van der Waals surface area contributed by atoms with E-state index in [9.17, 15) is 22.4 Å². The molecule has 1 aromatic heterocycles. The van der Waals surface area contributed by atoms with Crippen LogP contribution in [0.25, 0.3) is 0 Å². The zero-order valence-corrected chi connectivity index (χ0v) is 14.7. The molecule has 10 nitrogen and oxygen atoms in total. The molecule has 1 aromatic rings. The first-order valence-corrected chi connectivity index (χ1v) is 9.32. The van der Waals surface area contributed by atoms with Gasteiger partial charge in [-0.3, -0.25) is 19.2 Å². The number of halogens is 1. The van der Waals surface area contributed by atoms with Gasteiger partial charge in [-0.1, -0.05) is 4.89 Å². The van der Waals surface area contributed by atoms with E-state index in [1.165, 1.54) is 0 Å². The fourth-order valence-corrected chi connectivity index (χ4v) is 2.66. The van der Waals surface area contributed by atoms with E-state index < -0.39 is 45.9 Å². The van der Waals surface area contributed by atoms with Crippen molar-refractivity contribution in [1.29, 1.82) is 0 Å². The minimum absolute atomic E-state index is 0.334. The Hall–Kier alpha value is -1.60. The number of hydrogen-bond acceptors (Lipinski definition) is 7. The molecule has 2 heterocycles. The molecule has 1 unspecified atom stereocenters. The van der Waals surface area contributed by atoms with Gasteiger partial charge in [0.2, 0.25) is 10.0 Å². The van der Waals surface area contributed by atoms with Crippen LogP contribution < -0.4 is 16.1 Å². The van der Waals surface area contributed by atoms with Crippen molar-refractivity contribution in [2.45, 2.75) is 44.6 Å². The second-order valence-corrected chi connectivity index (χ2v) is 7.55. The van der Waals surface area contributed by atoms with E-state index in [1.54, 1.807) is 13.8 Å². The maximum atomic E-state index is 14.8. The highest BCUT2D eigenvalue weighted by Gasteiger charge is 2.48. The fraction of sp³-hybridized carbons (Fsp3) is 0.692. The number of rotatable bonds is 7. The lowest BCUT2D eigenvalue weighted by Crippen LogP contribution is -2.39. The number of hydrogen-bond donors (Lipinski definition) is 2. The average molecular weight is 381 g/mol. The van der Waals surface area contributed by atoms with Gasteiger partial charge in [-0.2, -0.15) is 0 Å². The zero-order chi connectivity index (χ0) is 18.8. The molecule has 2 N–H and O–H groups in total. The fourth-order valence-electron chi connectivity index (χ4n) is 2.38. The zero-order valence-electron chi connectivity index (χ0n) is 13.8. The van der Waals surface area contributed by atoms with Gasteiger partial charge in [0.25, 0.3) is 5.56 Å². The number of H-pyrrole nitrogens is 1. The highest BCUT2D eigenvalue weighted by molar-refractivity contribution is 7.88. The summed E-state index contributed by atoms with van der Waals surface area (Å²) < 4.78 is 48.7. The second kappa shape index (κ2) is 7.74. The van der Waals surface area contributed by atoms with Gasteiger partial charge < -0.3 is 9.47 Å². The predicted molar refractivity (Wildman–Crippen MR) is 84.1 cm³/mol. The van der Waals surface area contributed by atoms with Gasteiger partial charge in [0, 0.05) is 12.3 Å². The summed E-state index contributed by atoms with van der Waals surface area (Å²) >= 11 is 0. The lowest BCUT2D eigenvalue weighted by Gasteiger charge is -2.21. The lowest BCUT2D eigenvalue weighted by atomic mass is 10.1. The van der Waals surface area contributed by atoms with Crippen molar-refractivity contribution in [3.63, 3.8) is 0 Å². The SMILES string of the molecule is CC(C)O[C@@H]1C(CONS(C)(=O)=O)O[C@@H](n2ccc(=O)[nH]c2=O)[C@@H]1F. The lowest BCUT2D eigenvalue weighted by molar-refractivity contribution is -0.0955. The van der Waals surface area contributed by atoms with Gasteiger partial charge >= 0.3 is 5.69 Å². The normalized spacial score (nSPS) is 27.1. The minimum Gasteiger partial charge on any atom is -0.370 e. The van der Waals surface area contributed by atoms with Crippen LogP contribution in [0.4, 0.5) is 4.39 Å². The molecular formula is C13H20FN3O7S. The summed E-state index contributed by atoms with van der Waals surface area (Å²) in [6.45, 7) is 3.05. The Labute approximate surface area is 142 Å². The molecule has 1 saturated heterocycles. The molecule has 12 heteroatoms. The van der Waals surface area contributed by atoms with Crippen LogP contribution in [0, 0.1) is 0 Å². The van der Waals surface area contributed by atoms with Crippen molar-refractivity contribution in [3.8, 4) is 0 Å². The van der Waals surface area contributed by atoms with E-state index in [0.717, 1.165) is 23.1 Å². The Morgan fingerprint density at radius 2 is 2.12 bits per heavy atom. The highest BCUT2D eigenvalue weighted by Crippen LogP contribution is 2.33.